The first-order valence-corrected chi connectivity index (χ1v) is 6.00. The Morgan fingerprint density at radius 1 is 1.10 bits per heavy atom. The van der Waals surface area contributed by atoms with Crippen molar-refractivity contribution in [3.63, 3.8) is 0 Å². The summed E-state index contributed by atoms with van der Waals surface area (Å²) in [5.74, 6) is -0.872. The number of hydrogen-bond acceptors (Lipinski definition) is 5. The van der Waals surface area contributed by atoms with Crippen LogP contribution in [0.1, 0.15) is 10.4 Å². The van der Waals surface area contributed by atoms with Crippen molar-refractivity contribution in [3.8, 4) is 0 Å². The Labute approximate surface area is 118 Å². The van der Waals surface area contributed by atoms with E-state index < -0.39 is 12.0 Å². The molecule has 0 bridgehead atoms. The van der Waals surface area contributed by atoms with Crippen LogP contribution in [-0.2, 0) is 0 Å². The molecule has 2 N–H and O–H groups in total. The van der Waals surface area contributed by atoms with Crippen molar-refractivity contribution in [2.24, 2.45) is 0 Å². The zero-order chi connectivity index (χ0) is 14.8. The summed E-state index contributed by atoms with van der Waals surface area (Å²) >= 11 is 0. The van der Waals surface area contributed by atoms with Crippen LogP contribution in [0.15, 0.2) is 42.7 Å². The van der Waals surface area contributed by atoms with E-state index >= 15 is 0 Å². The molecule has 0 fully saturated rings. The lowest BCUT2D eigenvalue weighted by Gasteiger charge is -2.06. The van der Waals surface area contributed by atoms with Gasteiger partial charge in [-0.15, -0.1) is 0 Å². The number of carboxylic acids is 1. The summed E-state index contributed by atoms with van der Waals surface area (Å²) in [5.41, 5.74) is 0.888. The van der Waals surface area contributed by atoms with Crippen LogP contribution < -0.4 is 5.32 Å². The summed E-state index contributed by atoms with van der Waals surface area (Å²) in [6.07, 6.45) is 0.213. The molecule has 0 saturated heterocycles. The van der Waals surface area contributed by atoms with Crippen molar-refractivity contribution in [3.05, 3.63) is 54.4 Å². The van der Waals surface area contributed by atoms with Gasteiger partial charge >= 0.3 is 12.0 Å². The minimum atomic E-state index is -0.972. The number of anilines is 2. The van der Waals surface area contributed by atoms with Crippen LogP contribution in [0.5, 0.6) is 0 Å². The van der Waals surface area contributed by atoms with E-state index in [1.54, 1.807) is 30.3 Å². The van der Waals surface area contributed by atoms with Gasteiger partial charge in [0.05, 0.1) is 5.56 Å². The van der Waals surface area contributed by atoms with Crippen LogP contribution in [-0.4, -0.2) is 26.0 Å². The number of halogens is 1. The lowest BCUT2D eigenvalue weighted by atomic mass is 10.1. The molecule has 6 nitrogen and oxygen atoms in total. The molecule has 0 aliphatic heterocycles. The molecular formula is C14H9FN4O2. The second kappa shape index (κ2) is 5.12. The Bertz CT molecular complexity index is 838. The number of rotatable bonds is 3. The van der Waals surface area contributed by atoms with Crippen molar-refractivity contribution in [2.45, 2.75) is 0 Å². The Hall–Kier alpha value is -3.09. The second-order valence-corrected chi connectivity index (χ2v) is 4.28. The van der Waals surface area contributed by atoms with E-state index in [-0.39, 0.29) is 11.5 Å². The number of benzene rings is 2. The third kappa shape index (κ3) is 2.76. The highest BCUT2D eigenvalue weighted by molar-refractivity contribution is 5.95. The fraction of sp³-hybridized carbons (Fsp3) is 0. The normalized spacial score (nSPS) is 10.5. The van der Waals surface area contributed by atoms with E-state index in [2.05, 4.69) is 20.3 Å². The predicted molar refractivity (Wildman–Crippen MR) is 74.0 cm³/mol. The SMILES string of the molecule is O=C(O)c1ccc2cc(Nc3ncnc(F)n3)ccc2c1. The average Bonchev–Trinajstić information content (AvgIpc) is 2.46. The zero-order valence-electron chi connectivity index (χ0n) is 10.6. The summed E-state index contributed by atoms with van der Waals surface area (Å²) < 4.78 is 12.9. The van der Waals surface area contributed by atoms with Crippen molar-refractivity contribution in [2.75, 3.05) is 5.32 Å². The molecule has 3 aromatic rings. The molecule has 1 heterocycles. The number of fused-ring (bicyclic) bond motifs is 1. The van der Waals surface area contributed by atoms with Gasteiger partial charge in [0.15, 0.2) is 0 Å². The van der Waals surface area contributed by atoms with E-state index in [4.69, 9.17) is 5.11 Å². The first kappa shape index (κ1) is 12.9. The fourth-order valence-electron chi connectivity index (χ4n) is 1.92. The van der Waals surface area contributed by atoms with Crippen molar-refractivity contribution < 1.29 is 14.3 Å². The second-order valence-electron chi connectivity index (χ2n) is 4.28. The lowest BCUT2D eigenvalue weighted by Crippen LogP contribution is -2.00. The molecule has 7 heteroatoms. The van der Waals surface area contributed by atoms with Gasteiger partial charge < -0.3 is 10.4 Å². The average molecular weight is 284 g/mol. The first-order valence-electron chi connectivity index (χ1n) is 6.00. The monoisotopic (exact) mass is 284 g/mol. The van der Waals surface area contributed by atoms with Crippen LogP contribution in [0.2, 0.25) is 0 Å². The van der Waals surface area contributed by atoms with Gasteiger partial charge in [0.25, 0.3) is 0 Å². The highest BCUT2D eigenvalue weighted by Gasteiger charge is 2.05. The zero-order valence-corrected chi connectivity index (χ0v) is 10.6. The van der Waals surface area contributed by atoms with Crippen LogP contribution >= 0.6 is 0 Å². The smallest absolute Gasteiger partial charge is 0.335 e. The topological polar surface area (TPSA) is 88.0 Å². The molecule has 3 rings (SSSR count). The minimum absolute atomic E-state index is 0.101. The van der Waals surface area contributed by atoms with E-state index in [9.17, 15) is 9.18 Å². The van der Waals surface area contributed by atoms with Crippen molar-refractivity contribution in [1.82, 2.24) is 15.0 Å². The lowest BCUT2D eigenvalue weighted by molar-refractivity contribution is 0.0697. The molecule has 0 aliphatic carbocycles. The van der Waals surface area contributed by atoms with Gasteiger partial charge in [0.1, 0.15) is 6.33 Å². The number of carboxylic acid groups (broad SMARTS) is 1. The third-order valence-electron chi connectivity index (χ3n) is 2.89. The summed E-state index contributed by atoms with van der Waals surface area (Å²) in [6.45, 7) is 0. The first-order chi connectivity index (χ1) is 10.1. The standard InChI is InChI=1S/C14H9FN4O2/c15-13-16-7-17-14(19-13)18-11-4-3-8-5-10(12(20)21)2-1-9(8)6-11/h1-7H,(H,20,21)(H,16,17,18,19). The van der Waals surface area contributed by atoms with E-state index in [1.165, 1.54) is 6.07 Å². The van der Waals surface area contributed by atoms with Crippen LogP contribution in [0.4, 0.5) is 16.0 Å². The number of nitrogens with one attached hydrogen (secondary N) is 1. The van der Waals surface area contributed by atoms with Gasteiger partial charge in [0.2, 0.25) is 5.95 Å². The number of hydrogen-bond donors (Lipinski definition) is 2. The molecule has 0 radical (unpaired) electrons. The minimum Gasteiger partial charge on any atom is -0.478 e. The Morgan fingerprint density at radius 3 is 2.62 bits per heavy atom. The third-order valence-corrected chi connectivity index (χ3v) is 2.89. The van der Waals surface area contributed by atoms with E-state index in [0.29, 0.717) is 5.69 Å². The maximum absolute atomic E-state index is 12.9. The van der Waals surface area contributed by atoms with Crippen molar-refractivity contribution >= 4 is 28.4 Å². The molecule has 0 unspecified atom stereocenters. The Morgan fingerprint density at radius 2 is 1.86 bits per heavy atom. The number of carbonyl (C=O) groups is 1. The maximum Gasteiger partial charge on any atom is 0.335 e. The Balaban J connectivity index is 1.94. The maximum atomic E-state index is 12.9. The number of nitrogens with zero attached hydrogens (tertiary/aromatic N) is 3. The van der Waals surface area contributed by atoms with Crippen molar-refractivity contribution in [1.29, 1.82) is 0 Å². The highest BCUT2D eigenvalue weighted by Crippen LogP contribution is 2.22. The van der Waals surface area contributed by atoms with Crippen LogP contribution in [0, 0.1) is 6.08 Å². The highest BCUT2D eigenvalue weighted by atomic mass is 19.1. The fourth-order valence-corrected chi connectivity index (χ4v) is 1.92. The van der Waals surface area contributed by atoms with E-state index in [0.717, 1.165) is 17.1 Å². The molecule has 0 spiro atoms. The van der Waals surface area contributed by atoms with Gasteiger partial charge in [-0.05, 0) is 35.0 Å². The molecule has 2 aromatic carbocycles. The number of aromatic carboxylic acids is 1. The molecule has 104 valence electrons. The summed E-state index contributed by atoms with van der Waals surface area (Å²) in [7, 11) is 0. The van der Waals surface area contributed by atoms with E-state index in [1.807, 2.05) is 0 Å². The quantitative estimate of drug-likeness (QED) is 0.768. The summed E-state index contributed by atoms with van der Waals surface area (Å²) in [4.78, 5) is 21.5. The molecule has 0 atom stereocenters. The van der Waals surface area contributed by atoms with Gasteiger partial charge in [-0.1, -0.05) is 12.1 Å². The van der Waals surface area contributed by atoms with Gasteiger partial charge in [0, 0.05) is 5.69 Å². The molecular weight excluding hydrogens is 275 g/mol. The number of aromatic nitrogens is 3. The van der Waals surface area contributed by atoms with Crippen LogP contribution in [0.3, 0.4) is 0 Å². The van der Waals surface area contributed by atoms with Gasteiger partial charge in [-0.2, -0.15) is 14.4 Å². The van der Waals surface area contributed by atoms with Crippen LogP contribution in [0.25, 0.3) is 10.8 Å². The summed E-state index contributed by atoms with van der Waals surface area (Å²) in [5, 5.41) is 13.4. The Kier molecular flexibility index (Phi) is 3.15. The molecule has 0 amide bonds. The van der Waals surface area contributed by atoms with Gasteiger partial charge in [-0.3, -0.25) is 0 Å². The molecule has 1 aromatic heterocycles. The predicted octanol–water partition coefficient (Wildman–Crippen LogP) is 2.61. The van der Waals surface area contributed by atoms with Gasteiger partial charge in [-0.25, -0.2) is 9.78 Å². The summed E-state index contributed by atoms with van der Waals surface area (Å²) in [6, 6.07) is 10.1. The largest absolute Gasteiger partial charge is 0.478 e. The molecule has 21 heavy (non-hydrogen) atoms. The molecule has 0 aliphatic rings. The molecule has 0 saturated carbocycles.